The van der Waals surface area contributed by atoms with Crippen LogP contribution in [0.5, 0.6) is 0 Å². The molecule has 11 rings (SSSR count). The summed E-state index contributed by atoms with van der Waals surface area (Å²) in [5.74, 6) is 0. The van der Waals surface area contributed by atoms with E-state index in [0.29, 0.717) is 0 Å². The van der Waals surface area contributed by atoms with Crippen molar-refractivity contribution in [3.05, 3.63) is 212 Å². The maximum atomic E-state index is 6.78. The Morgan fingerprint density at radius 3 is 1.74 bits per heavy atom. The first-order chi connectivity index (χ1) is 28.3. The minimum atomic E-state index is 0.852. The summed E-state index contributed by atoms with van der Waals surface area (Å²) in [6.45, 7) is 0. The first kappa shape index (κ1) is 33.2. The summed E-state index contributed by atoms with van der Waals surface area (Å²) in [6, 6.07) is 76.4. The molecule has 0 aliphatic rings. The summed E-state index contributed by atoms with van der Waals surface area (Å²) in [6.07, 6.45) is 0. The Bertz CT molecular complexity index is 3230. The molecule has 0 fully saturated rings. The number of rotatable bonds is 7. The van der Waals surface area contributed by atoms with Gasteiger partial charge in [-0.3, -0.25) is 0 Å². The zero-order chi connectivity index (χ0) is 37.7. The van der Waals surface area contributed by atoms with E-state index in [1.807, 2.05) is 17.4 Å². The Morgan fingerprint density at radius 2 is 0.930 bits per heavy atom. The maximum Gasteiger partial charge on any atom is 0.159 e. The fourth-order valence-electron chi connectivity index (χ4n) is 8.46. The summed E-state index contributed by atoms with van der Waals surface area (Å²) in [4.78, 5) is 2.40. The van der Waals surface area contributed by atoms with Crippen LogP contribution in [0.3, 0.4) is 0 Å². The topological polar surface area (TPSA) is 16.4 Å². The van der Waals surface area contributed by atoms with E-state index in [1.54, 1.807) is 0 Å². The summed E-state index contributed by atoms with van der Waals surface area (Å²) >= 11 is 1.85. The molecule has 3 heteroatoms. The van der Waals surface area contributed by atoms with Crippen LogP contribution in [0.25, 0.3) is 86.6 Å². The third kappa shape index (κ3) is 5.71. The molecule has 0 aliphatic heterocycles. The van der Waals surface area contributed by atoms with Crippen LogP contribution in [0.1, 0.15) is 0 Å². The van der Waals surface area contributed by atoms with Crippen molar-refractivity contribution in [1.82, 2.24) is 0 Å². The van der Waals surface area contributed by atoms with Gasteiger partial charge in [-0.1, -0.05) is 164 Å². The number of furan rings is 1. The van der Waals surface area contributed by atoms with Gasteiger partial charge in [0.25, 0.3) is 0 Å². The van der Waals surface area contributed by atoms with Crippen LogP contribution in [0.2, 0.25) is 0 Å². The van der Waals surface area contributed by atoms with Crippen LogP contribution in [0.4, 0.5) is 17.1 Å². The second kappa shape index (κ2) is 13.8. The molecule has 0 amide bonds. The van der Waals surface area contributed by atoms with Gasteiger partial charge in [0, 0.05) is 42.2 Å². The van der Waals surface area contributed by atoms with Gasteiger partial charge in [0.1, 0.15) is 5.58 Å². The number of benzene rings is 9. The lowest BCUT2D eigenvalue weighted by atomic mass is 9.87. The molecule has 0 spiro atoms. The molecule has 0 atom stereocenters. The number of thiophene rings is 1. The average molecular weight is 746 g/mol. The fraction of sp³-hybridized carbons (Fsp3) is 0. The first-order valence-corrected chi connectivity index (χ1v) is 20.2. The van der Waals surface area contributed by atoms with E-state index < -0.39 is 0 Å². The normalized spacial score (nSPS) is 11.5. The zero-order valence-corrected chi connectivity index (χ0v) is 31.8. The van der Waals surface area contributed by atoms with Crippen LogP contribution in [0, 0.1) is 0 Å². The van der Waals surface area contributed by atoms with Crippen LogP contribution in [0.15, 0.2) is 217 Å². The highest BCUT2D eigenvalue weighted by atomic mass is 32.1. The van der Waals surface area contributed by atoms with E-state index in [1.165, 1.54) is 42.4 Å². The van der Waals surface area contributed by atoms with Crippen molar-refractivity contribution in [2.45, 2.75) is 0 Å². The quantitative estimate of drug-likeness (QED) is 0.162. The Kier molecular flexibility index (Phi) is 8.04. The van der Waals surface area contributed by atoms with Gasteiger partial charge in [-0.25, -0.2) is 0 Å². The molecular weight excluding hydrogens is 711 g/mol. The standard InChI is InChI=1S/C54H35NOS/c1-3-15-37(16-4-1)41-19-7-8-22-45(41)53-42(38-17-5-2-6-18-38)23-13-25-48(53)55(49-26-14-24-46-43-20-9-11-27-50(43)56-54(46)49)40-32-29-36(30-33-40)39-31-34-52-47(35-39)44-21-10-12-28-51(44)57-52/h1-35H. The number of nitrogens with zero attached hydrogens (tertiary/aromatic N) is 1. The van der Waals surface area contributed by atoms with Gasteiger partial charge in [-0.15, -0.1) is 11.3 Å². The lowest BCUT2D eigenvalue weighted by molar-refractivity contribution is 0.669. The molecule has 9 aromatic carbocycles. The molecule has 0 radical (unpaired) electrons. The number of hydrogen-bond donors (Lipinski definition) is 0. The molecule has 0 N–H and O–H groups in total. The van der Waals surface area contributed by atoms with Gasteiger partial charge in [-0.2, -0.15) is 0 Å². The molecule has 2 heterocycles. The minimum Gasteiger partial charge on any atom is -0.454 e. The molecule has 0 saturated heterocycles. The highest BCUT2D eigenvalue weighted by Gasteiger charge is 2.25. The van der Waals surface area contributed by atoms with Crippen molar-refractivity contribution in [2.24, 2.45) is 0 Å². The summed E-state index contributed by atoms with van der Waals surface area (Å²) < 4.78 is 9.41. The van der Waals surface area contributed by atoms with E-state index in [9.17, 15) is 0 Å². The molecule has 57 heavy (non-hydrogen) atoms. The molecular formula is C54H35NOS. The molecule has 268 valence electrons. The Morgan fingerprint density at radius 1 is 0.351 bits per heavy atom. The van der Waals surface area contributed by atoms with Gasteiger partial charge >= 0.3 is 0 Å². The largest absolute Gasteiger partial charge is 0.454 e. The second-order valence-electron chi connectivity index (χ2n) is 14.4. The van der Waals surface area contributed by atoms with Gasteiger partial charge in [0.05, 0.1) is 11.4 Å². The van der Waals surface area contributed by atoms with E-state index in [4.69, 9.17) is 4.42 Å². The van der Waals surface area contributed by atoms with Crippen molar-refractivity contribution < 1.29 is 4.42 Å². The second-order valence-corrected chi connectivity index (χ2v) is 15.5. The summed E-state index contributed by atoms with van der Waals surface area (Å²) in [7, 11) is 0. The maximum absolute atomic E-state index is 6.78. The van der Waals surface area contributed by atoms with Crippen LogP contribution in [-0.2, 0) is 0 Å². The third-order valence-corrected chi connectivity index (χ3v) is 12.3. The van der Waals surface area contributed by atoms with Gasteiger partial charge in [0.15, 0.2) is 5.58 Å². The van der Waals surface area contributed by atoms with Crippen LogP contribution in [-0.4, -0.2) is 0 Å². The lowest BCUT2D eigenvalue weighted by Gasteiger charge is -2.30. The van der Waals surface area contributed by atoms with Crippen molar-refractivity contribution in [1.29, 1.82) is 0 Å². The minimum absolute atomic E-state index is 0.852. The van der Waals surface area contributed by atoms with Gasteiger partial charge in [0.2, 0.25) is 0 Å². The van der Waals surface area contributed by atoms with E-state index in [-0.39, 0.29) is 0 Å². The molecule has 11 aromatic rings. The fourth-order valence-corrected chi connectivity index (χ4v) is 9.55. The Labute approximate surface area is 335 Å². The highest BCUT2D eigenvalue weighted by molar-refractivity contribution is 7.25. The molecule has 0 saturated carbocycles. The van der Waals surface area contributed by atoms with E-state index in [2.05, 4.69) is 211 Å². The summed E-state index contributed by atoms with van der Waals surface area (Å²) in [5, 5.41) is 4.80. The monoisotopic (exact) mass is 745 g/mol. The SMILES string of the molecule is c1ccc(-c2ccccc2-c2c(-c3ccccc3)cccc2N(c2ccc(-c3ccc4sc5ccccc5c4c3)cc2)c2cccc3c2oc2ccccc23)cc1. The predicted octanol–water partition coefficient (Wildman–Crippen LogP) is 16.1. The number of para-hydroxylation sites is 2. The van der Waals surface area contributed by atoms with Crippen molar-refractivity contribution in [3.8, 4) is 44.5 Å². The predicted molar refractivity (Wildman–Crippen MR) is 243 cm³/mol. The van der Waals surface area contributed by atoms with Crippen molar-refractivity contribution in [3.63, 3.8) is 0 Å². The van der Waals surface area contributed by atoms with Gasteiger partial charge < -0.3 is 9.32 Å². The molecule has 2 nitrogen and oxygen atoms in total. The van der Waals surface area contributed by atoms with Gasteiger partial charge in [-0.05, 0) is 87.5 Å². The first-order valence-electron chi connectivity index (χ1n) is 19.3. The number of hydrogen-bond acceptors (Lipinski definition) is 3. The van der Waals surface area contributed by atoms with E-state index >= 15 is 0 Å². The molecule has 0 aliphatic carbocycles. The zero-order valence-electron chi connectivity index (χ0n) is 31.0. The molecule has 2 aromatic heterocycles. The number of anilines is 3. The van der Waals surface area contributed by atoms with Crippen molar-refractivity contribution >= 4 is 70.5 Å². The van der Waals surface area contributed by atoms with Crippen molar-refractivity contribution in [2.75, 3.05) is 4.90 Å². The summed E-state index contributed by atoms with van der Waals surface area (Å²) in [5.41, 5.74) is 14.2. The third-order valence-electron chi connectivity index (χ3n) is 11.1. The lowest BCUT2D eigenvalue weighted by Crippen LogP contribution is -2.12. The van der Waals surface area contributed by atoms with E-state index in [0.717, 1.165) is 61.3 Å². The van der Waals surface area contributed by atoms with Crippen LogP contribution >= 0.6 is 11.3 Å². The Hall–Kier alpha value is -7.20. The smallest absolute Gasteiger partial charge is 0.159 e. The Balaban J connectivity index is 1.16. The average Bonchev–Trinajstić information content (AvgIpc) is 3.86. The van der Waals surface area contributed by atoms with Crippen LogP contribution < -0.4 is 4.90 Å². The molecule has 0 bridgehead atoms. The molecule has 0 unspecified atom stereocenters. The highest BCUT2D eigenvalue weighted by Crippen LogP contribution is 2.50. The number of fused-ring (bicyclic) bond motifs is 6.